The second-order valence-electron chi connectivity index (χ2n) is 3.91. The number of nitrogens with one attached hydrogen (secondary N) is 1. The van der Waals surface area contributed by atoms with Crippen molar-refractivity contribution >= 4 is 11.8 Å². The summed E-state index contributed by atoms with van der Waals surface area (Å²) in [4.78, 5) is 22.9. The number of fused-ring (bicyclic) bond motifs is 1. The molecule has 0 spiro atoms. The molecule has 0 bridgehead atoms. The molecule has 3 nitrogen and oxygen atoms in total. The Balaban J connectivity index is 2.09. The van der Waals surface area contributed by atoms with Crippen LogP contribution in [-0.4, -0.2) is 11.8 Å². The van der Waals surface area contributed by atoms with E-state index >= 15 is 0 Å². The van der Waals surface area contributed by atoms with Crippen LogP contribution in [0.1, 0.15) is 12.0 Å². The maximum absolute atomic E-state index is 11.6. The third-order valence-corrected chi connectivity index (χ3v) is 3.21. The third kappa shape index (κ3) is 0.726. The van der Waals surface area contributed by atoms with Gasteiger partial charge in [-0.25, -0.2) is 0 Å². The quantitative estimate of drug-likeness (QED) is 0.654. The zero-order chi connectivity index (χ0) is 9.76. The second kappa shape index (κ2) is 2.23. The van der Waals surface area contributed by atoms with Crippen LogP contribution < -0.4 is 5.32 Å². The van der Waals surface area contributed by atoms with Gasteiger partial charge in [0.15, 0.2) is 0 Å². The number of amides is 2. The highest BCUT2D eigenvalue weighted by Crippen LogP contribution is 2.57. The molecule has 0 aromatic heterocycles. The summed E-state index contributed by atoms with van der Waals surface area (Å²) in [7, 11) is 0. The van der Waals surface area contributed by atoms with Crippen LogP contribution >= 0.6 is 0 Å². The molecule has 3 heteroatoms. The van der Waals surface area contributed by atoms with E-state index in [2.05, 4.69) is 5.32 Å². The van der Waals surface area contributed by atoms with E-state index in [0.29, 0.717) is 6.42 Å². The Bertz CT molecular complexity index is 426. The predicted octanol–water partition coefficient (Wildman–Crippen LogP) is 0.601. The first-order chi connectivity index (χ1) is 6.75. The Morgan fingerprint density at radius 3 is 2.43 bits per heavy atom. The highest BCUT2D eigenvalue weighted by Gasteiger charge is 2.69. The summed E-state index contributed by atoms with van der Waals surface area (Å²) in [5.41, 5.74) is 0.451. The van der Waals surface area contributed by atoms with Gasteiger partial charge in [0.2, 0.25) is 11.8 Å². The van der Waals surface area contributed by atoms with Gasteiger partial charge in [-0.05, 0) is 12.0 Å². The van der Waals surface area contributed by atoms with Crippen molar-refractivity contribution in [2.75, 3.05) is 0 Å². The number of carbonyl (C=O) groups is 2. The van der Waals surface area contributed by atoms with Crippen LogP contribution in [-0.2, 0) is 15.0 Å². The largest absolute Gasteiger partial charge is 0.295 e. The van der Waals surface area contributed by atoms with Crippen LogP contribution in [0.15, 0.2) is 30.3 Å². The van der Waals surface area contributed by atoms with E-state index < -0.39 is 5.41 Å². The molecular formula is C11H9NO2. The van der Waals surface area contributed by atoms with E-state index in [1.165, 1.54) is 0 Å². The fourth-order valence-electron chi connectivity index (χ4n) is 2.33. The van der Waals surface area contributed by atoms with E-state index in [1.54, 1.807) is 0 Å². The molecule has 1 saturated carbocycles. The molecule has 2 atom stereocenters. The topological polar surface area (TPSA) is 46.2 Å². The smallest absolute Gasteiger partial charge is 0.238 e. The average molecular weight is 187 g/mol. The zero-order valence-corrected chi connectivity index (χ0v) is 7.49. The molecule has 1 aromatic carbocycles. The Hall–Kier alpha value is -1.64. The molecule has 2 fully saturated rings. The number of rotatable bonds is 1. The highest BCUT2D eigenvalue weighted by molar-refractivity contribution is 6.15. The summed E-state index contributed by atoms with van der Waals surface area (Å²) in [6.45, 7) is 0. The lowest BCUT2D eigenvalue weighted by Gasteiger charge is -2.08. The van der Waals surface area contributed by atoms with Crippen molar-refractivity contribution in [3.63, 3.8) is 0 Å². The van der Waals surface area contributed by atoms with Crippen LogP contribution in [0.4, 0.5) is 0 Å². The Kier molecular flexibility index (Phi) is 1.23. The Morgan fingerprint density at radius 1 is 1.21 bits per heavy atom. The molecule has 1 N–H and O–H groups in total. The Labute approximate surface area is 81.1 Å². The highest BCUT2D eigenvalue weighted by atomic mass is 16.2. The lowest BCUT2D eigenvalue weighted by Crippen LogP contribution is -2.30. The van der Waals surface area contributed by atoms with Crippen LogP contribution in [0, 0.1) is 5.92 Å². The molecule has 2 amide bonds. The predicted molar refractivity (Wildman–Crippen MR) is 49.4 cm³/mol. The number of hydrogen-bond donors (Lipinski definition) is 1. The van der Waals surface area contributed by atoms with Gasteiger partial charge in [-0.2, -0.15) is 0 Å². The molecule has 3 rings (SSSR count). The molecule has 0 unspecified atom stereocenters. The monoisotopic (exact) mass is 187 g/mol. The lowest BCUT2D eigenvalue weighted by atomic mass is 9.94. The van der Waals surface area contributed by atoms with Crippen molar-refractivity contribution in [2.24, 2.45) is 5.92 Å². The molecule has 1 heterocycles. The maximum atomic E-state index is 11.6. The number of imide groups is 1. The van der Waals surface area contributed by atoms with Crippen molar-refractivity contribution in [1.82, 2.24) is 5.32 Å². The molecule has 70 valence electrons. The summed E-state index contributed by atoms with van der Waals surface area (Å²) >= 11 is 0. The van der Waals surface area contributed by atoms with Gasteiger partial charge in [0.1, 0.15) is 0 Å². The first-order valence-corrected chi connectivity index (χ1v) is 4.66. The summed E-state index contributed by atoms with van der Waals surface area (Å²) in [6.07, 6.45) is 0.682. The van der Waals surface area contributed by atoms with Crippen LogP contribution in [0.25, 0.3) is 0 Å². The summed E-state index contributed by atoms with van der Waals surface area (Å²) < 4.78 is 0. The van der Waals surface area contributed by atoms with Gasteiger partial charge >= 0.3 is 0 Å². The van der Waals surface area contributed by atoms with Gasteiger partial charge in [-0.1, -0.05) is 30.3 Å². The second-order valence-corrected chi connectivity index (χ2v) is 3.91. The molecule has 2 aliphatic rings. The van der Waals surface area contributed by atoms with Crippen LogP contribution in [0.3, 0.4) is 0 Å². The van der Waals surface area contributed by atoms with Crippen molar-refractivity contribution in [1.29, 1.82) is 0 Å². The number of piperidine rings is 1. The maximum Gasteiger partial charge on any atom is 0.238 e. The van der Waals surface area contributed by atoms with E-state index in [1.807, 2.05) is 30.3 Å². The van der Waals surface area contributed by atoms with Gasteiger partial charge in [0.05, 0.1) is 11.3 Å². The van der Waals surface area contributed by atoms with Gasteiger partial charge in [0.25, 0.3) is 0 Å². The molecular weight excluding hydrogens is 178 g/mol. The first-order valence-electron chi connectivity index (χ1n) is 4.66. The van der Waals surface area contributed by atoms with Crippen molar-refractivity contribution in [3.8, 4) is 0 Å². The van der Waals surface area contributed by atoms with E-state index in [4.69, 9.17) is 0 Å². The lowest BCUT2D eigenvalue weighted by molar-refractivity contribution is -0.127. The minimum Gasteiger partial charge on any atom is -0.295 e. The van der Waals surface area contributed by atoms with Crippen molar-refractivity contribution in [3.05, 3.63) is 35.9 Å². The standard InChI is InChI=1S/C11H9NO2/c13-9-8-6-11(8,10(14)12-9)7-4-2-1-3-5-7/h1-5,8H,6H2,(H,12,13,14)/t8-,11-/m1/s1. The third-order valence-electron chi connectivity index (χ3n) is 3.21. The molecule has 1 aliphatic carbocycles. The number of benzene rings is 1. The molecule has 1 saturated heterocycles. The van der Waals surface area contributed by atoms with Gasteiger partial charge < -0.3 is 0 Å². The van der Waals surface area contributed by atoms with Crippen molar-refractivity contribution in [2.45, 2.75) is 11.8 Å². The summed E-state index contributed by atoms with van der Waals surface area (Å²) in [6, 6.07) is 9.54. The normalized spacial score (nSPS) is 33.9. The summed E-state index contributed by atoms with van der Waals surface area (Å²) in [5, 5.41) is 2.38. The SMILES string of the molecule is O=C1NC(=O)[C@@]2(c3ccccc3)C[C@H]12. The zero-order valence-electron chi connectivity index (χ0n) is 7.49. The molecule has 1 aromatic rings. The van der Waals surface area contributed by atoms with Gasteiger partial charge in [-0.15, -0.1) is 0 Å². The average Bonchev–Trinajstić information content (AvgIpc) is 2.90. The van der Waals surface area contributed by atoms with Gasteiger partial charge in [0, 0.05) is 0 Å². The molecule has 0 radical (unpaired) electrons. The van der Waals surface area contributed by atoms with Crippen LogP contribution in [0.5, 0.6) is 0 Å². The molecule has 1 aliphatic heterocycles. The fourth-order valence-corrected chi connectivity index (χ4v) is 2.33. The van der Waals surface area contributed by atoms with E-state index in [0.717, 1.165) is 5.56 Å². The van der Waals surface area contributed by atoms with Crippen molar-refractivity contribution < 1.29 is 9.59 Å². The van der Waals surface area contributed by atoms with E-state index in [-0.39, 0.29) is 17.7 Å². The fraction of sp³-hybridized carbons (Fsp3) is 0.273. The number of carbonyl (C=O) groups excluding carboxylic acids is 2. The van der Waals surface area contributed by atoms with Crippen LogP contribution in [0.2, 0.25) is 0 Å². The minimum atomic E-state index is -0.516. The minimum absolute atomic E-state index is 0.112. The molecule has 14 heavy (non-hydrogen) atoms. The first kappa shape index (κ1) is 7.74. The number of hydrogen-bond acceptors (Lipinski definition) is 2. The Morgan fingerprint density at radius 2 is 1.93 bits per heavy atom. The van der Waals surface area contributed by atoms with E-state index in [9.17, 15) is 9.59 Å². The summed E-state index contributed by atoms with van der Waals surface area (Å²) in [5.74, 6) is -0.352. The van der Waals surface area contributed by atoms with Gasteiger partial charge in [-0.3, -0.25) is 14.9 Å².